The van der Waals surface area contributed by atoms with E-state index in [0.29, 0.717) is 6.04 Å². The third kappa shape index (κ3) is 1.14. The van der Waals surface area contributed by atoms with Crippen LogP contribution in [0.2, 0.25) is 0 Å². The summed E-state index contributed by atoms with van der Waals surface area (Å²) in [5.74, 6) is 0.875. The number of nitrogens with zero attached hydrogens (tertiary/aromatic N) is 1. The number of hydrogen-bond acceptors (Lipinski definition) is 3. The van der Waals surface area contributed by atoms with Crippen LogP contribution in [0.25, 0.3) is 0 Å². The standard InChI is InChI=1S/C10H14N2S/c1-11-9(8-5-13-6-12-8)7-4-10(7)2-3-10/h5-7,9,11H,2-4H2,1H3. The molecule has 2 fully saturated rings. The Balaban J connectivity index is 1.80. The van der Waals surface area contributed by atoms with Crippen molar-refractivity contribution in [2.24, 2.45) is 11.3 Å². The summed E-state index contributed by atoms with van der Waals surface area (Å²) in [4.78, 5) is 4.40. The molecule has 0 bridgehead atoms. The van der Waals surface area contributed by atoms with Gasteiger partial charge in [0.15, 0.2) is 0 Å². The average molecular weight is 194 g/mol. The van der Waals surface area contributed by atoms with Gasteiger partial charge in [-0.2, -0.15) is 0 Å². The second-order valence-corrected chi connectivity index (χ2v) is 5.07. The Labute approximate surface area is 82.4 Å². The molecule has 2 aliphatic carbocycles. The zero-order chi connectivity index (χ0) is 8.89. The molecule has 2 nitrogen and oxygen atoms in total. The molecule has 2 saturated carbocycles. The molecule has 0 amide bonds. The van der Waals surface area contributed by atoms with E-state index >= 15 is 0 Å². The molecular formula is C10H14N2S. The summed E-state index contributed by atoms with van der Waals surface area (Å²) in [6.45, 7) is 0. The van der Waals surface area contributed by atoms with Gasteiger partial charge in [0.05, 0.1) is 17.2 Å². The number of aromatic nitrogens is 1. The molecule has 70 valence electrons. The Morgan fingerprint density at radius 1 is 1.69 bits per heavy atom. The molecule has 0 aliphatic heterocycles. The molecule has 1 spiro atoms. The van der Waals surface area contributed by atoms with Crippen molar-refractivity contribution in [3.05, 3.63) is 16.6 Å². The highest BCUT2D eigenvalue weighted by Gasteiger charge is 2.65. The minimum Gasteiger partial charge on any atom is -0.311 e. The quantitative estimate of drug-likeness (QED) is 0.798. The van der Waals surface area contributed by atoms with E-state index < -0.39 is 0 Å². The molecule has 2 aliphatic rings. The van der Waals surface area contributed by atoms with Gasteiger partial charge in [0.1, 0.15) is 0 Å². The highest BCUT2D eigenvalue weighted by molar-refractivity contribution is 7.07. The van der Waals surface area contributed by atoms with Crippen molar-refractivity contribution in [1.29, 1.82) is 0 Å². The van der Waals surface area contributed by atoms with Gasteiger partial charge in [-0.1, -0.05) is 0 Å². The molecule has 0 aromatic carbocycles. The van der Waals surface area contributed by atoms with Crippen molar-refractivity contribution < 1.29 is 0 Å². The van der Waals surface area contributed by atoms with E-state index in [4.69, 9.17) is 0 Å². The van der Waals surface area contributed by atoms with E-state index in [9.17, 15) is 0 Å². The van der Waals surface area contributed by atoms with Crippen LogP contribution >= 0.6 is 11.3 Å². The van der Waals surface area contributed by atoms with Crippen molar-refractivity contribution in [2.75, 3.05) is 7.05 Å². The Hall–Kier alpha value is -0.410. The van der Waals surface area contributed by atoms with Crippen LogP contribution in [0.3, 0.4) is 0 Å². The first-order valence-corrected chi connectivity index (χ1v) is 5.85. The number of hydrogen-bond donors (Lipinski definition) is 1. The maximum absolute atomic E-state index is 4.40. The second-order valence-electron chi connectivity index (χ2n) is 4.35. The highest BCUT2D eigenvalue weighted by atomic mass is 32.1. The van der Waals surface area contributed by atoms with E-state index in [1.54, 1.807) is 11.3 Å². The summed E-state index contributed by atoms with van der Waals surface area (Å²) < 4.78 is 0. The lowest BCUT2D eigenvalue weighted by Crippen LogP contribution is -2.19. The highest BCUT2D eigenvalue weighted by Crippen LogP contribution is 2.73. The smallest absolute Gasteiger partial charge is 0.0795 e. The maximum atomic E-state index is 4.40. The fourth-order valence-electron chi connectivity index (χ4n) is 2.52. The molecule has 0 saturated heterocycles. The largest absolute Gasteiger partial charge is 0.311 e. The first-order chi connectivity index (χ1) is 6.36. The maximum Gasteiger partial charge on any atom is 0.0795 e. The molecule has 1 aromatic rings. The minimum absolute atomic E-state index is 0.522. The topological polar surface area (TPSA) is 24.9 Å². The summed E-state index contributed by atoms with van der Waals surface area (Å²) in [5, 5.41) is 5.58. The zero-order valence-electron chi connectivity index (χ0n) is 7.79. The predicted molar refractivity (Wildman–Crippen MR) is 53.7 cm³/mol. The average Bonchev–Trinajstić information content (AvgIpc) is 2.99. The first kappa shape index (κ1) is 7.94. The molecule has 1 heterocycles. The lowest BCUT2D eigenvalue weighted by atomic mass is 10.1. The summed E-state index contributed by atoms with van der Waals surface area (Å²) >= 11 is 1.70. The Kier molecular flexibility index (Phi) is 1.56. The fourth-order valence-corrected chi connectivity index (χ4v) is 3.11. The van der Waals surface area contributed by atoms with Gasteiger partial charge >= 0.3 is 0 Å². The van der Waals surface area contributed by atoms with Gasteiger partial charge in [0.2, 0.25) is 0 Å². The molecule has 1 N–H and O–H groups in total. The van der Waals surface area contributed by atoms with E-state index in [2.05, 4.69) is 22.7 Å². The molecule has 2 unspecified atom stereocenters. The van der Waals surface area contributed by atoms with E-state index in [1.807, 2.05) is 5.51 Å². The lowest BCUT2D eigenvalue weighted by molar-refractivity contribution is 0.481. The second kappa shape index (κ2) is 2.55. The fraction of sp³-hybridized carbons (Fsp3) is 0.700. The third-order valence-electron chi connectivity index (χ3n) is 3.63. The number of rotatable bonds is 3. The van der Waals surface area contributed by atoms with Gasteiger partial charge in [-0.25, -0.2) is 4.98 Å². The van der Waals surface area contributed by atoms with Crippen molar-refractivity contribution in [3.63, 3.8) is 0 Å². The summed E-state index contributed by atoms with van der Waals surface area (Å²) in [6.07, 6.45) is 4.34. The van der Waals surface area contributed by atoms with Crippen LogP contribution in [0, 0.1) is 11.3 Å². The van der Waals surface area contributed by atoms with Crippen LogP contribution in [0.1, 0.15) is 31.0 Å². The van der Waals surface area contributed by atoms with Crippen LogP contribution in [-0.2, 0) is 0 Å². The van der Waals surface area contributed by atoms with Gasteiger partial charge in [-0.15, -0.1) is 11.3 Å². The predicted octanol–water partition coefficient (Wildman–Crippen LogP) is 2.20. The van der Waals surface area contributed by atoms with Crippen molar-refractivity contribution in [1.82, 2.24) is 10.3 Å². The van der Waals surface area contributed by atoms with Crippen LogP contribution in [0.5, 0.6) is 0 Å². The van der Waals surface area contributed by atoms with Crippen molar-refractivity contribution >= 4 is 11.3 Å². The van der Waals surface area contributed by atoms with Gasteiger partial charge in [0.25, 0.3) is 0 Å². The van der Waals surface area contributed by atoms with Crippen LogP contribution < -0.4 is 5.32 Å². The Morgan fingerprint density at radius 2 is 2.54 bits per heavy atom. The number of nitrogens with one attached hydrogen (secondary N) is 1. The Bertz CT molecular complexity index is 303. The van der Waals surface area contributed by atoms with Gasteiger partial charge < -0.3 is 5.32 Å². The molecule has 2 atom stereocenters. The van der Waals surface area contributed by atoms with Gasteiger partial charge in [-0.05, 0) is 37.6 Å². The van der Waals surface area contributed by atoms with Gasteiger partial charge in [0, 0.05) is 5.38 Å². The van der Waals surface area contributed by atoms with Gasteiger partial charge in [-0.3, -0.25) is 0 Å². The number of thiazole rings is 1. The monoisotopic (exact) mass is 194 g/mol. The zero-order valence-corrected chi connectivity index (χ0v) is 8.60. The summed E-state index contributed by atoms with van der Waals surface area (Å²) in [7, 11) is 2.05. The molecule has 13 heavy (non-hydrogen) atoms. The summed E-state index contributed by atoms with van der Waals surface area (Å²) in [6, 6.07) is 0.522. The normalized spacial score (nSPS) is 30.4. The SMILES string of the molecule is CNC(c1cscn1)C1CC12CC2. The lowest BCUT2D eigenvalue weighted by Gasteiger charge is -2.12. The third-order valence-corrected chi connectivity index (χ3v) is 4.23. The van der Waals surface area contributed by atoms with E-state index in [1.165, 1.54) is 25.0 Å². The first-order valence-electron chi connectivity index (χ1n) is 4.91. The molecule has 3 rings (SSSR count). The molecule has 3 heteroatoms. The van der Waals surface area contributed by atoms with E-state index in [0.717, 1.165) is 11.3 Å². The van der Waals surface area contributed by atoms with Crippen molar-refractivity contribution in [2.45, 2.75) is 25.3 Å². The van der Waals surface area contributed by atoms with E-state index in [-0.39, 0.29) is 0 Å². The van der Waals surface area contributed by atoms with Crippen LogP contribution in [0.4, 0.5) is 0 Å². The molecule has 1 aromatic heterocycles. The minimum atomic E-state index is 0.522. The van der Waals surface area contributed by atoms with Crippen LogP contribution in [0.15, 0.2) is 10.9 Å². The molecular weight excluding hydrogens is 180 g/mol. The van der Waals surface area contributed by atoms with Crippen LogP contribution in [-0.4, -0.2) is 12.0 Å². The Morgan fingerprint density at radius 3 is 3.00 bits per heavy atom. The summed E-state index contributed by atoms with van der Waals surface area (Å²) in [5.41, 5.74) is 3.94. The van der Waals surface area contributed by atoms with Crippen molar-refractivity contribution in [3.8, 4) is 0 Å². The molecule has 0 radical (unpaired) electrons.